The zero-order chi connectivity index (χ0) is 13.9. The van der Waals surface area contributed by atoms with Gasteiger partial charge < -0.3 is 0 Å². The molecule has 108 valence electrons. The standard InChI is InChI=1S/C17H26BrCl/c1-2-3-4-5-6-7-9-16(14-18)12-15-10-8-11-17(19)13-15/h8,10-11,13,16H,2-7,9,12,14H2,1H3. The molecule has 0 aliphatic heterocycles. The molecule has 0 saturated carbocycles. The third-order valence-electron chi connectivity index (χ3n) is 3.60. The lowest BCUT2D eigenvalue weighted by atomic mass is 9.95. The van der Waals surface area contributed by atoms with E-state index in [0.29, 0.717) is 0 Å². The summed E-state index contributed by atoms with van der Waals surface area (Å²) in [5.41, 5.74) is 1.36. The SMILES string of the molecule is CCCCCCCCC(CBr)Cc1cccc(Cl)c1. The maximum absolute atomic E-state index is 6.04. The van der Waals surface area contributed by atoms with Crippen molar-refractivity contribution in [1.82, 2.24) is 0 Å². The molecule has 0 aliphatic rings. The highest BCUT2D eigenvalue weighted by Crippen LogP contribution is 2.20. The van der Waals surface area contributed by atoms with E-state index < -0.39 is 0 Å². The van der Waals surface area contributed by atoms with Crippen molar-refractivity contribution in [3.8, 4) is 0 Å². The average Bonchev–Trinajstić information content (AvgIpc) is 2.41. The lowest BCUT2D eigenvalue weighted by Gasteiger charge is -2.14. The Morgan fingerprint density at radius 1 is 1.11 bits per heavy atom. The molecule has 2 heteroatoms. The molecular formula is C17H26BrCl. The van der Waals surface area contributed by atoms with Crippen molar-refractivity contribution in [2.24, 2.45) is 5.92 Å². The first-order chi connectivity index (χ1) is 9.26. The van der Waals surface area contributed by atoms with Gasteiger partial charge in [0, 0.05) is 10.4 Å². The molecule has 0 N–H and O–H groups in total. The van der Waals surface area contributed by atoms with Crippen LogP contribution < -0.4 is 0 Å². The van der Waals surface area contributed by atoms with Crippen LogP contribution in [0.3, 0.4) is 0 Å². The van der Waals surface area contributed by atoms with E-state index in [1.807, 2.05) is 12.1 Å². The maximum atomic E-state index is 6.04. The Morgan fingerprint density at radius 3 is 2.53 bits per heavy atom. The van der Waals surface area contributed by atoms with Gasteiger partial charge in [0.2, 0.25) is 0 Å². The summed E-state index contributed by atoms with van der Waals surface area (Å²) in [5.74, 6) is 0.740. The molecule has 0 nitrogen and oxygen atoms in total. The zero-order valence-electron chi connectivity index (χ0n) is 12.0. The topological polar surface area (TPSA) is 0 Å². The predicted octanol–water partition coefficient (Wildman–Crippen LogP) is 6.64. The van der Waals surface area contributed by atoms with E-state index in [4.69, 9.17) is 11.6 Å². The molecule has 1 aromatic carbocycles. The normalized spacial score (nSPS) is 12.6. The number of hydrogen-bond acceptors (Lipinski definition) is 0. The zero-order valence-corrected chi connectivity index (χ0v) is 14.3. The van der Waals surface area contributed by atoms with Gasteiger partial charge in [-0.1, -0.05) is 85.1 Å². The van der Waals surface area contributed by atoms with Crippen LogP contribution in [-0.2, 0) is 6.42 Å². The molecule has 1 unspecified atom stereocenters. The van der Waals surface area contributed by atoms with E-state index in [0.717, 1.165) is 22.7 Å². The van der Waals surface area contributed by atoms with Crippen LogP contribution in [0.1, 0.15) is 57.4 Å². The van der Waals surface area contributed by atoms with Crippen LogP contribution in [0.25, 0.3) is 0 Å². The second kappa shape index (κ2) is 10.7. The number of unbranched alkanes of at least 4 members (excludes halogenated alkanes) is 5. The molecule has 0 spiro atoms. The molecule has 0 amide bonds. The minimum Gasteiger partial charge on any atom is -0.0925 e. The van der Waals surface area contributed by atoms with Crippen molar-refractivity contribution in [3.63, 3.8) is 0 Å². The monoisotopic (exact) mass is 344 g/mol. The smallest absolute Gasteiger partial charge is 0.0408 e. The van der Waals surface area contributed by atoms with E-state index in [9.17, 15) is 0 Å². The van der Waals surface area contributed by atoms with Crippen molar-refractivity contribution in [1.29, 1.82) is 0 Å². The number of benzene rings is 1. The Hall–Kier alpha value is -0.0100. The highest BCUT2D eigenvalue weighted by molar-refractivity contribution is 9.09. The summed E-state index contributed by atoms with van der Waals surface area (Å²) < 4.78 is 0. The van der Waals surface area contributed by atoms with E-state index in [2.05, 4.69) is 35.0 Å². The van der Waals surface area contributed by atoms with Gasteiger partial charge in [0.15, 0.2) is 0 Å². The van der Waals surface area contributed by atoms with Gasteiger partial charge in [-0.2, -0.15) is 0 Å². The fourth-order valence-corrected chi connectivity index (χ4v) is 3.21. The summed E-state index contributed by atoms with van der Waals surface area (Å²) in [4.78, 5) is 0. The van der Waals surface area contributed by atoms with Crippen LogP contribution in [0, 0.1) is 5.92 Å². The summed E-state index contributed by atoms with van der Waals surface area (Å²) in [6.07, 6.45) is 10.7. The molecule has 1 atom stereocenters. The molecule has 0 bridgehead atoms. The minimum absolute atomic E-state index is 0.740. The van der Waals surface area contributed by atoms with Gasteiger partial charge in [-0.05, 0) is 36.5 Å². The van der Waals surface area contributed by atoms with Gasteiger partial charge >= 0.3 is 0 Å². The molecule has 0 aliphatic carbocycles. The first-order valence-corrected chi connectivity index (χ1v) is 9.06. The summed E-state index contributed by atoms with van der Waals surface area (Å²) in [5, 5.41) is 1.94. The Bertz CT molecular complexity index is 338. The molecule has 0 saturated heterocycles. The molecule has 1 rings (SSSR count). The molecule has 1 aromatic rings. The highest BCUT2D eigenvalue weighted by Gasteiger charge is 2.08. The van der Waals surface area contributed by atoms with E-state index in [1.54, 1.807) is 0 Å². The Labute approximate surface area is 132 Å². The first-order valence-electron chi connectivity index (χ1n) is 7.56. The van der Waals surface area contributed by atoms with E-state index in [-0.39, 0.29) is 0 Å². The van der Waals surface area contributed by atoms with Gasteiger partial charge in [-0.3, -0.25) is 0 Å². The third kappa shape index (κ3) is 7.99. The Kier molecular flexibility index (Phi) is 9.63. The summed E-state index contributed by atoms with van der Waals surface area (Å²) in [6.45, 7) is 2.27. The van der Waals surface area contributed by atoms with Gasteiger partial charge in [-0.25, -0.2) is 0 Å². The maximum Gasteiger partial charge on any atom is 0.0408 e. The van der Waals surface area contributed by atoms with Crippen molar-refractivity contribution >= 4 is 27.5 Å². The predicted molar refractivity (Wildman–Crippen MR) is 90.4 cm³/mol. The largest absolute Gasteiger partial charge is 0.0925 e. The van der Waals surface area contributed by atoms with Crippen LogP contribution in [0.2, 0.25) is 5.02 Å². The summed E-state index contributed by atoms with van der Waals surface area (Å²) in [7, 11) is 0. The van der Waals surface area contributed by atoms with Crippen molar-refractivity contribution < 1.29 is 0 Å². The van der Waals surface area contributed by atoms with Gasteiger partial charge in [0.1, 0.15) is 0 Å². The molecule has 0 aromatic heterocycles. The number of rotatable bonds is 10. The highest BCUT2D eigenvalue weighted by atomic mass is 79.9. The third-order valence-corrected chi connectivity index (χ3v) is 4.75. The quantitative estimate of drug-likeness (QED) is 0.329. The van der Waals surface area contributed by atoms with Crippen LogP contribution in [0.15, 0.2) is 24.3 Å². The summed E-state index contributed by atoms with van der Waals surface area (Å²) in [6, 6.07) is 8.27. The Balaban J connectivity index is 2.22. The van der Waals surface area contributed by atoms with Crippen LogP contribution >= 0.6 is 27.5 Å². The Morgan fingerprint density at radius 2 is 1.84 bits per heavy atom. The van der Waals surface area contributed by atoms with Gasteiger partial charge in [0.05, 0.1) is 0 Å². The van der Waals surface area contributed by atoms with Crippen molar-refractivity contribution in [3.05, 3.63) is 34.9 Å². The van der Waals surface area contributed by atoms with Crippen LogP contribution in [0.4, 0.5) is 0 Å². The van der Waals surface area contributed by atoms with Gasteiger partial charge in [-0.15, -0.1) is 0 Å². The fraction of sp³-hybridized carbons (Fsp3) is 0.647. The molecule has 0 fully saturated rings. The van der Waals surface area contributed by atoms with Crippen LogP contribution in [-0.4, -0.2) is 5.33 Å². The van der Waals surface area contributed by atoms with Crippen molar-refractivity contribution in [2.75, 3.05) is 5.33 Å². The van der Waals surface area contributed by atoms with Crippen LogP contribution in [0.5, 0.6) is 0 Å². The molecule has 19 heavy (non-hydrogen) atoms. The number of alkyl halides is 1. The second-order valence-electron chi connectivity index (χ2n) is 5.41. The second-order valence-corrected chi connectivity index (χ2v) is 6.49. The average molecular weight is 346 g/mol. The minimum atomic E-state index is 0.740. The fourth-order valence-electron chi connectivity index (χ4n) is 2.44. The number of halogens is 2. The number of hydrogen-bond donors (Lipinski definition) is 0. The first kappa shape index (κ1) is 17.0. The van der Waals surface area contributed by atoms with Gasteiger partial charge in [0.25, 0.3) is 0 Å². The summed E-state index contributed by atoms with van der Waals surface area (Å²) >= 11 is 9.69. The van der Waals surface area contributed by atoms with E-state index >= 15 is 0 Å². The molecule has 0 radical (unpaired) electrons. The lowest BCUT2D eigenvalue weighted by Crippen LogP contribution is -2.06. The molecule has 0 heterocycles. The molecular weight excluding hydrogens is 320 g/mol. The lowest BCUT2D eigenvalue weighted by molar-refractivity contribution is 0.489. The van der Waals surface area contributed by atoms with E-state index in [1.165, 1.54) is 50.5 Å². The van der Waals surface area contributed by atoms with Crippen molar-refractivity contribution in [2.45, 2.75) is 58.3 Å².